The smallest absolute Gasteiger partial charge is 0.274 e. The number of anilines is 2. The molecule has 5 nitrogen and oxygen atoms in total. The van der Waals surface area contributed by atoms with E-state index in [0.29, 0.717) is 21.7 Å². The maximum absolute atomic E-state index is 12.4. The molecule has 1 aromatic heterocycles. The van der Waals surface area contributed by atoms with Crippen LogP contribution in [0.3, 0.4) is 0 Å². The van der Waals surface area contributed by atoms with E-state index < -0.39 is 0 Å². The number of carbonyl (C=O) groups excluding carboxylic acids is 1. The summed E-state index contributed by atoms with van der Waals surface area (Å²) in [7, 11) is 0. The number of nitrogens with one attached hydrogen (secondary N) is 2. The van der Waals surface area contributed by atoms with Crippen molar-refractivity contribution in [2.24, 2.45) is 0 Å². The summed E-state index contributed by atoms with van der Waals surface area (Å²) in [4.78, 5) is 20.8. The van der Waals surface area contributed by atoms with Crippen LogP contribution in [0.15, 0.2) is 42.1 Å². The zero-order chi connectivity index (χ0) is 18.4. The van der Waals surface area contributed by atoms with E-state index in [0.717, 1.165) is 13.0 Å². The van der Waals surface area contributed by atoms with Crippen molar-refractivity contribution in [1.82, 2.24) is 9.97 Å². The maximum Gasteiger partial charge on any atom is 0.274 e. The summed E-state index contributed by atoms with van der Waals surface area (Å²) in [6.45, 7) is 0.754. The topological polar surface area (TPSA) is 66.9 Å². The molecule has 0 unspecified atom stereocenters. The highest BCUT2D eigenvalue weighted by Crippen LogP contribution is 2.25. The van der Waals surface area contributed by atoms with Gasteiger partial charge in [-0.1, -0.05) is 34.9 Å². The van der Waals surface area contributed by atoms with E-state index in [1.807, 2.05) is 0 Å². The van der Waals surface area contributed by atoms with E-state index in [4.69, 9.17) is 23.2 Å². The molecule has 3 rings (SSSR count). The molecule has 26 heavy (non-hydrogen) atoms. The van der Waals surface area contributed by atoms with Crippen molar-refractivity contribution in [1.29, 1.82) is 0 Å². The quantitative estimate of drug-likeness (QED) is 0.653. The number of hydrogen-bond donors (Lipinski definition) is 2. The van der Waals surface area contributed by atoms with Gasteiger partial charge in [-0.25, -0.2) is 9.97 Å². The molecule has 136 valence electrons. The lowest BCUT2D eigenvalue weighted by atomic mass is 9.97. The molecule has 0 radical (unpaired) electrons. The van der Waals surface area contributed by atoms with Crippen molar-refractivity contribution in [3.63, 3.8) is 0 Å². The Hall–Kier alpha value is -2.11. The largest absolute Gasteiger partial charge is 0.354 e. The number of nitrogens with zero attached hydrogens (tertiary/aromatic N) is 2. The third-order valence-electron chi connectivity index (χ3n) is 4.18. The van der Waals surface area contributed by atoms with E-state index >= 15 is 0 Å². The monoisotopic (exact) mass is 390 g/mol. The van der Waals surface area contributed by atoms with Gasteiger partial charge >= 0.3 is 0 Å². The number of carbonyl (C=O) groups is 1. The molecule has 0 fully saturated rings. The van der Waals surface area contributed by atoms with Crippen LogP contribution in [-0.2, 0) is 0 Å². The van der Waals surface area contributed by atoms with Gasteiger partial charge < -0.3 is 10.6 Å². The van der Waals surface area contributed by atoms with E-state index in [-0.39, 0.29) is 11.6 Å². The molecule has 0 saturated carbocycles. The van der Waals surface area contributed by atoms with Crippen molar-refractivity contribution in [3.05, 3.63) is 57.9 Å². The van der Waals surface area contributed by atoms with Crippen LogP contribution in [0.4, 0.5) is 11.6 Å². The summed E-state index contributed by atoms with van der Waals surface area (Å²) in [5.41, 5.74) is 2.32. The Labute approximate surface area is 162 Å². The average Bonchev–Trinajstić information content (AvgIpc) is 2.66. The van der Waals surface area contributed by atoms with Crippen LogP contribution in [0.2, 0.25) is 10.0 Å². The fourth-order valence-electron chi connectivity index (χ4n) is 2.81. The number of amides is 1. The SMILES string of the molecule is O=C(Nc1ccc(Cl)c(Cl)c1)c1ccnc(NCCC2=CCCCC2)n1. The average molecular weight is 391 g/mol. The lowest BCUT2D eigenvalue weighted by molar-refractivity contribution is 0.102. The van der Waals surface area contributed by atoms with Gasteiger partial charge in [0.15, 0.2) is 0 Å². The first-order valence-corrected chi connectivity index (χ1v) is 9.38. The van der Waals surface area contributed by atoms with Gasteiger partial charge in [0.2, 0.25) is 5.95 Å². The Balaban J connectivity index is 1.58. The second-order valence-corrected chi connectivity index (χ2v) is 6.95. The molecule has 1 aliphatic carbocycles. The number of aromatic nitrogens is 2. The minimum Gasteiger partial charge on any atom is -0.354 e. The van der Waals surface area contributed by atoms with Crippen LogP contribution in [0, 0.1) is 0 Å². The summed E-state index contributed by atoms with van der Waals surface area (Å²) < 4.78 is 0. The molecule has 1 heterocycles. The van der Waals surface area contributed by atoms with Crippen LogP contribution in [-0.4, -0.2) is 22.4 Å². The molecule has 0 spiro atoms. The van der Waals surface area contributed by atoms with Gasteiger partial charge in [0, 0.05) is 18.4 Å². The molecule has 1 aliphatic rings. The van der Waals surface area contributed by atoms with Crippen LogP contribution < -0.4 is 10.6 Å². The Bertz CT molecular complexity index is 823. The van der Waals surface area contributed by atoms with Crippen LogP contribution in [0.25, 0.3) is 0 Å². The Morgan fingerprint density at radius 3 is 2.81 bits per heavy atom. The number of allylic oxidation sites excluding steroid dienone is 1. The highest BCUT2D eigenvalue weighted by atomic mass is 35.5. The first-order chi connectivity index (χ1) is 12.6. The Morgan fingerprint density at radius 2 is 2.04 bits per heavy atom. The van der Waals surface area contributed by atoms with Gasteiger partial charge in [-0.15, -0.1) is 0 Å². The summed E-state index contributed by atoms with van der Waals surface area (Å²) >= 11 is 11.8. The number of rotatable bonds is 6. The summed E-state index contributed by atoms with van der Waals surface area (Å²) in [5.74, 6) is 0.118. The second kappa shape index (κ2) is 9.01. The molecule has 2 aromatic rings. The molecule has 0 aliphatic heterocycles. The molecule has 1 aromatic carbocycles. The van der Waals surface area contributed by atoms with Gasteiger partial charge in [-0.05, 0) is 56.4 Å². The van der Waals surface area contributed by atoms with Crippen molar-refractivity contribution in [2.45, 2.75) is 32.1 Å². The van der Waals surface area contributed by atoms with Crippen LogP contribution in [0.1, 0.15) is 42.6 Å². The Kier molecular flexibility index (Phi) is 6.47. The number of hydrogen-bond acceptors (Lipinski definition) is 4. The predicted octanol–water partition coefficient (Wildman–Crippen LogP) is 5.34. The standard InChI is InChI=1S/C19H20Cl2N4O/c20-15-7-6-14(12-16(15)21)24-18(26)17-9-11-23-19(25-17)22-10-8-13-4-2-1-3-5-13/h4,6-7,9,11-12H,1-3,5,8,10H2,(H,24,26)(H,22,23,25). The lowest BCUT2D eigenvalue weighted by Crippen LogP contribution is -2.15. The minimum atomic E-state index is -0.330. The van der Waals surface area contributed by atoms with Gasteiger partial charge in [-0.3, -0.25) is 4.79 Å². The van der Waals surface area contributed by atoms with E-state index in [2.05, 4.69) is 26.7 Å². The number of benzene rings is 1. The van der Waals surface area contributed by atoms with Crippen molar-refractivity contribution < 1.29 is 4.79 Å². The molecule has 1 amide bonds. The third-order valence-corrected chi connectivity index (χ3v) is 4.92. The normalized spacial score (nSPS) is 13.8. The summed E-state index contributed by atoms with van der Waals surface area (Å²) in [6.07, 6.45) is 9.78. The van der Waals surface area contributed by atoms with Crippen LogP contribution in [0.5, 0.6) is 0 Å². The molecule has 0 saturated heterocycles. The molecule has 2 N–H and O–H groups in total. The maximum atomic E-state index is 12.4. The van der Waals surface area contributed by atoms with Crippen molar-refractivity contribution >= 4 is 40.7 Å². The first-order valence-electron chi connectivity index (χ1n) is 8.63. The predicted molar refractivity (Wildman–Crippen MR) is 106 cm³/mol. The second-order valence-electron chi connectivity index (χ2n) is 6.13. The van der Waals surface area contributed by atoms with E-state index in [1.54, 1.807) is 30.5 Å². The molecular formula is C19H20Cl2N4O. The zero-order valence-corrected chi connectivity index (χ0v) is 15.8. The van der Waals surface area contributed by atoms with Gasteiger partial charge in [0.25, 0.3) is 5.91 Å². The van der Waals surface area contributed by atoms with E-state index in [9.17, 15) is 4.79 Å². The summed E-state index contributed by atoms with van der Waals surface area (Å²) in [5, 5.41) is 6.76. The highest BCUT2D eigenvalue weighted by molar-refractivity contribution is 6.42. The zero-order valence-electron chi connectivity index (χ0n) is 14.3. The van der Waals surface area contributed by atoms with Crippen molar-refractivity contribution in [2.75, 3.05) is 17.2 Å². The van der Waals surface area contributed by atoms with Crippen molar-refractivity contribution in [3.8, 4) is 0 Å². The molecule has 0 bridgehead atoms. The lowest BCUT2D eigenvalue weighted by Gasteiger charge is -2.13. The minimum absolute atomic E-state index is 0.283. The van der Waals surface area contributed by atoms with Gasteiger partial charge in [-0.2, -0.15) is 0 Å². The van der Waals surface area contributed by atoms with Crippen LogP contribution >= 0.6 is 23.2 Å². The molecule has 0 atom stereocenters. The third kappa shape index (κ3) is 5.19. The fraction of sp³-hybridized carbons (Fsp3) is 0.316. The van der Waals surface area contributed by atoms with E-state index in [1.165, 1.54) is 31.3 Å². The fourth-order valence-corrected chi connectivity index (χ4v) is 3.10. The first kappa shape index (κ1) is 18.7. The van der Waals surface area contributed by atoms with Gasteiger partial charge in [0.1, 0.15) is 5.69 Å². The van der Waals surface area contributed by atoms with Gasteiger partial charge in [0.05, 0.1) is 10.0 Å². The molecule has 7 heteroatoms. The number of halogens is 2. The Morgan fingerprint density at radius 1 is 1.15 bits per heavy atom. The summed E-state index contributed by atoms with van der Waals surface area (Å²) in [6, 6.07) is 6.48. The molecular weight excluding hydrogens is 371 g/mol. The highest BCUT2D eigenvalue weighted by Gasteiger charge is 2.10.